The highest BCUT2D eigenvalue weighted by molar-refractivity contribution is 5.49. The maximum absolute atomic E-state index is 10.7. The van der Waals surface area contributed by atoms with Crippen LogP contribution in [0.5, 0.6) is 11.5 Å². The van der Waals surface area contributed by atoms with Gasteiger partial charge >= 0.3 is 0 Å². The molecule has 0 bridgehead atoms. The quantitative estimate of drug-likeness (QED) is 0.388. The summed E-state index contributed by atoms with van der Waals surface area (Å²) < 4.78 is 28.4. The molecule has 0 unspecified atom stereocenters. The molecule has 8 nitrogen and oxygen atoms in total. The van der Waals surface area contributed by atoms with E-state index in [1.807, 2.05) is 78.9 Å². The van der Waals surface area contributed by atoms with Crippen molar-refractivity contribution in [3.05, 3.63) is 95.6 Å². The molecule has 1 aliphatic rings. The van der Waals surface area contributed by atoms with E-state index in [2.05, 4.69) is 0 Å². The van der Waals surface area contributed by atoms with Gasteiger partial charge in [0.1, 0.15) is 41.5 Å². The molecule has 3 N–H and O–H groups in total. The minimum atomic E-state index is -1.45. The van der Waals surface area contributed by atoms with Crippen LogP contribution in [0, 0.1) is 0 Å². The second-order valence-electron chi connectivity index (χ2n) is 8.57. The SMILES string of the molecule is COc1ccc(C(OC[C@H]2O[C@H](OC)[C@H](O)[C@@H](O)[C@H]2O)(c2ccccc2)c2ccc(OC)cc2)cc1. The molecule has 0 amide bonds. The lowest BCUT2D eigenvalue weighted by atomic mass is 9.80. The first kappa shape index (κ1) is 26.1. The molecule has 0 radical (unpaired) electrons. The molecule has 0 aromatic heterocycles. The lowest BCUT2D eigenvalue weighted by Gasteiger charge is -2.42. The third kappa shape index (κ3) is 4.97. The van der Waals surface area contributed by atoms with E-state index in [1.165, 1.54) is 7.11 Å². The Morgan fingerprint density at radius 2 is 1.17 bits per heavy atom. The average molecular weight is 497 g/mol. The molecule has 1 saturated heterocycles. The first-order valence-electron chi connectivity index (χ1n) is 11.7. The molecule has 1 fully saturated rings. The van der Waals surface area contributed by atoms with Crippen molar-refractivity contribution in [3.8, 4) is 11.5 Å². The van der Waals surface area contributed by atoms with Crippen LogP contribution < -0.4 is 9.47 Å². The van der Waals surface area contributed by atoms with Gasteiger partial charge in [-0.2, -0.15) is 0 Å². The van der Waals surface area contributed by atoms with Crippen LogP contribution in [0.3, 0.4) is 0 Å². The van der Waals surface area contributed by atoms with Gasteiger partial charge in [-0.05, 0) is 41.0 Å². The highest BCUT2D eigenvalue weighted by Gasteiger charge is 2.46. The molecular formula is C28H32O8. The van der Waals surface area contributed by atoms with E-state index in [0.29, 0.717) is 11.5 Å². The van der Waals surface area contributed by atoms with Gasteiger partial charge in [-0.15, -0.1) is 0 Å². The van der Waals surface area contributed by atoms with Gasteiger partial charge in [0.2, 0.25) is 0 Å². The summed E-state index contributed by atoms with van der Waals surface area (Å²) in [5.41, 5.74) is 1.35. The molecule has 1 aliphatic heterocycles. The van der Waals surface area contributed by atoms with Crippen LogP contribution in [0.1, 0.15) is 16.7 Å². The molecule has 192 valence electrons. The Bertz CT molecular complexity index is 1040. The van der Waals surface area contributed by atoms with Gasteiger partial charge in [-0.1, -0.05) is 54.6 Å². The largest absolute Gasteiger partial charge is 0.497 e. The van der Waals surface area contributed by atoms with E-state index < -0.39 is 36.3 Å². The highest BCUT2D eigenvalue weighted by Crippen LogP contribution is 2.42. The number of ether oxygens (including phenoxy) is 5. The number of methoxy groups -OCH3 is 3. The van der Waals surface area contributed by atoms with E-state index in [-0.39, 0.29) is 6.61 Å². The Balaban J connectivity index is 1.81. The topological polar surface area (TPSA) is 107 Å². The monoisotopic (exact) mass is 496 g/mol. The third-order valence-corrected chi connectivity index (χ3v) is 6.54. The molecule has 3 aromatic carbocycles. The molecule has 0 spiro atoms. The minimum Gasteiger partial charge on any atom is -0.497 e. The van der Waals surface area contributed by atoms with Gasteiger partial charge < -0.3 is 39.0 Å². The van der Waals surface area contributed by atoms with E-state index in [1.54, 1.807) is 14.2 Å². The first-order chi connectivity index (χ1) is 17.4. The standard InChI is InChI=1S/C28H32O8/c1-32-21-13-9-19(10-14-21)28(18-7-5-4-6-8-18,20-11-15-22(33-2)16-12-20)35-17-23-24(29)25(30)26(31)27(34-3)36-23/h4-16,23-27,29-31H,17H2,1-3H3/t23-,24+,25+,26-,27+/m1/s1. The minimum absolute atomic E-state index is 0.113. The van der Waals surface area contributed by atoms with Gasteiger partial charge in [0.15, 0.2) is 6.29 Å². The fourth-order valence-corrected chi connectivity index (χ4v) is 4.53. The summed E-state index contributed by atoms with van der Waals surface area (Å²) in [6, 6.07) is 24.8. The van der Waals surface area contributed by atoms with Crippen LogP contribution in [-0.2, 0) is 19.8 Å². The highest BCUT2D eigenvalue weighted by atomic mass is 16.7. The Hall–Kier alpha value is -2.98. The van der Waals surface area contributed by atoms with Gasteiger partial charge in [-0.3, -0.25) is 0 Å². The summed E-state index contributed by atoms with van der Waals surface area (Å²) in [6.07, 6.45) is -6.29. The van der Waals surface area contributed by atoms with E-state index in [0.717, 1.165) is 16.7 Å². The molecule has 0 aliphatic carbocycles. The van der Waals surface area contributed by atoms with Crippen LogP contribution in [0.15, 0.2) is 78.9 Å². The molecule has 36 heavy (non-hydrogen) atoms. The Labute approximate surface area is 210 Å². The normalized spacial score (nSPS) is 24.3. The van der Waals surface area contributed by atoms with E-state index >= 15 is 0 Å². The Morgan fingerprint density at radius 1 is 0.667 bits per heavy atom. The predicted octanol–water partition coefficient (Wildman–Crippen LogP) is 2.47. The van der Waals surface area contributed by atoms with Crippen molar-refractivity contribution in [2.45, 2.75) is 36.3 Å². The Kier molecular flexibility index (Phi) is 8.25. The van der Waals surface area contributed by atoms with Crippen LogP contribution >= 0.6 is 0 Å². The fourth-order valence-electron chi connectivity index (χ4n) is 4.53. The lowest BCUT2D eigenvalue weighted by Crippen LogP contribution is -2.59. The van der Waals surface area contributed by atoms with Crippen molar-refractivity contribution in [1.82, 2.24) is 0 Å². The van der Waals surface area contributed by atoms with Gasteiger partial charge in [0, 0.05) is 7.11 Å². The average Bonchev–Trinajstić information content (AvgIpc) is 2.94. The summed E-state index contributed by atoms with van der Waals surface area (Å²) in [5.74, 6) is 1.39. The zero-order valence-corrected chi connectivity index (χ0v) is 20.5. The number of hydrogen-bond acceptors (Lipinski definition) is 8. The predicted molar refractivity (Wildman–Crippen MR) is 132 cm³/mol. The van der Waals surface area contributed by atoms with Gasteiger partial charge in [0.05, 0.1) is 20.8 Å². The zero-order valence-electron chi connectivity index (χ0n) is 20.5. The molecule has 4 rings (SSSR count). The van der Waals surface area contributed by atoms with Crippen molar-refractivity contribution < 1.29 is 39.0 Å². The molecule has 5 atom stereocenters. The fraction of sp³-hybridized carbons (Fsp3) is 0.357. The first-order valence-corrected chi connectivity index (χ1v) is 11.7. The summed E-state index contributed by atoms with van der Waals surface area (Å²) in [5, 5.41) is 31.2. The van der Waals surface area contributed by atoms with Crippen LogP contribution in [0.2, 0.25) is 0 Å². The van der Waals surface area contributed by atoms with Crippen LogP contribution in [0.25, 0.3) is 0 Å². The number of benzene rings is 3. The summed E-state index contributed by atoms with van der Waals surface area (Å²) in [7, 11) is 4.57. The lowest BCUT2D eigenvalue weighted by molar-refractivity contribution is -0.299. The van der Waals surface area contributed by atoms with Crippen LogP contribution in [0.4, 0.5) is 0 Å². The third-order valence-electron chi connectivity index (χ3n) is 6.54. The maximum atomic E-state index is 10.7. The summed E-state index contributed by atoms with van der Waals surface area (Å²) in [6.45, 7) is -0.113. The molecule has 1 heterocycles. The molecule has 3 aromatic rings. The second-order valence-corrected chi connectivity index (χ2v) is 8.57. The van der Waals surface area contributed by atoms with Crippen molar-refractivity contribution in [2.75, 3.05) is 27.9 Å². The second kappa shape index (κ2) is 11.4. The summed E-state index contributed by atoms with van der Waals surface area (Å²) in [4.78, 5) is 0. The number of rotatable bonds is 9. The number of hydrogen-bond donors (Lipinski definition) is 3. The number of aliphatic hydroxyl groups excluding tert-OH is 3. The van der Waals surface area contributed by atoms with Crippen molar-refractivity contribution in [1.29, 1.82) is 0 Å². The van der Waals surface area contributed by atoms with E-state index in [9.17, 15) is 15.3 Å². The maximum Gasteiger partial charge on any atom is 0.186 e. The molecule has 8 heteroatoms. The summed E-state index contributed by atoms with van der Waals surface area (Å²) >= 11 is 0. The molecular weight excluding hydrogens is 464 g/mol. The zero-order chi connectivity index (χ0) is 25.7. The smallest absolute Gasteiger partial charge is 0.186 e. The number of aliphatic hydroxyl groups is 3. The van der Waals surface area contributed by atoms with Gasteiger partial charge in [0.25, 0.3) is 0 Å². The van der Waals surface area contributed by atoms with Crippen molar-refractivity contribution in [2.24, 2.45) is 0 Å². The van der Waals surface area contributed by atoms with Crippen molar-refractivity contribution in [3.63, 3.8) is 0 Å². The van der Waals surface area contributed by atoms with Gasteiger partial charge in [-0.25, -0.2) is 0 Å². The van der Waals surface area contributed by atoms with Crippen molar-refractivity contribution >= 4 is 0 Å². The molecule has 0 saturated carbocycles. The Morgan fingerprint density at radius 3 is 1.64 bits per heavy atom. The van der Waals surface area contributed by atoms with E-state index in [4.69, 9.17) is 23.7 Å². The van der Waals surface area contributed by atoms with Crippen LogP contribution in [-0.4, -0.2) is 74.0 Å².